The van der Waals surface area contributed by atoms with Crippen LogP contribution in [0.15, 0.2) is 6.07 Å². The monoisotopic (exact) mass is 207 g/mol. The van der Waals surface area contributed by atoms with Gasteiger partial charge in [-0.2, -0.15) is 4.39 Å². The minimum Gasteiger partial charge on any atom is -0.494 e. The van der Waals surface area contributed by atoms with E-state index in [2.05, 4.69) is 14.5 Å². The molecule has 0 atom stereocenters. The van der Waals surface area contributed by atoms with Gasteiger partial charge < -0.3 is 9.47 Å². The number of ether oxygens (including phenoxy) is 2. The summed E-state index contributed by atoms with van der Waals surface area (Å²) in [5.41, 5.74) is -0.731. The summed E-state index contributed by atoms with van der Waals surface area (Å²) >= 11 is 0. The van der Waals surface area contributed by atoms with Gasteiger partial charge in [0.15, 0.2) is 11.4 Å². The Morgan fingerprint density at radius 3 is 2.21 bits per heavy atom. The van der Waals surface area contributed by atoms with Gasteiger partial charge in [0.05, 0.1) is 14.2 Å². The molecule has 1 heterocycles. The number of nitrogens with zero attached hydrogens (tertiary/aromatic N) is 1. The molecule has 0 radical (unpaired) electrons. The van der Waals surface area contributed by atoms with E-state index in [1.807, 2.05) is 0 Å². The van der Waals surface area contributed by atoms with Gasteiger partial charge in [0.1, 0.15) is 5.75 Å². The first-order chi connectivity index (χ1) is 6.60. The predicted octanol–water partition coefficient (Wildman–Crippen LogP) is 2.18. The first kappa shape index (κ1) is 10.6. The number of hydrogen-bond donors (Lipinski definition) is 0. The van der Waals surface area contributed by atoms with E-state index in [-0.39, 0.29) is 11.5 Å². The quantitative estimate of drug-likeness (QED) is 0.712. The molecule has 0 unspecified atom stereocenters. The number of methoxy groups -OCH3 is 2. The maximum atomic E-state index is 12.9. The van der Waals surface area contributed by atoms with Gasteiger partial charge in [-0.1, -0.05) is 0 Å². The van der Waals surface area contributed by atoms with E-state index in [1.54, 1.807) is 0 Å². The molecule has 0 saturated carbocycles. The highest BCUT2D eigenvalue weighted by Crippen LogP contribution is 2.31. The van der Waals surface area contributed by atoms with E-state index < -0.39 is 18.1 Å². The zero-order chi connectivity index (χ0) is 10.7. The highest BCUT2D eigenvalue weighted by atomic mass is 19.3. The minimum atomic E-state index is -2.88. The van der Waals surface area contributed by atoms with Crippen LogP contribution in [0.3, 0.4) is 0 Å². The Morgan fingerprint density at radius 2 is 1.79 bits per heavy atom. The lowest BCUT2D eigenvalue weighted by atomic mass is 10.3. The van der Waals surface area contributed by atoms with Gasteiger partial charge in [-0.25, -0.2) is 13.8 Å². The van der Waals surface area contributed by atoms with Gasteiger partial charge in [-0.05, 0) is 0 Å². The van der Waals surface area contributed by atoms with E-state index in [9.17, 15) is 13.2 Å². The van der Waals surface area contributed by atoms with Crippen molar-refractivity contribution in [1.82, 2.24) is 4.98 Å². The molecule has 0 N–H and O–H groups in total. The molecule has 78 valence electrons. The third-order valence-electron chi connectivity index (χ3n) is 1.58. The fraction of sp³-hybridized carbons (Fsp3) is 0.375. The molecule has 3 nitrogen and oxygen atoms in total. The van der Waals surface area contributed by atoms with Crippen LogP contribution in [0.5, 0.6) is 11.5 Å². The molecule has 0 aliphatic carbocycles. The normalized spacial score (nSPS) is 10.4. The van der Waals surface area contributed by atoms with Crippen molar-refractivity contribution in [1.29, 1.82) is 0 Å². The number of hydrogen-bond acceptors (Lipinski definition) is 3. The van der Waals surface area contributed by atoms with Crippen LogP contribution in [0.25, 0.3) is 0 Å². The van der Waals surface area contributed by atoms with Crippen molar-refractivity contribution < 1.29 is 22.6 Å². The highest BCUT2D eigenvalue weighted by molar-refractivity contribution is 5.36. The van der Waals surface area contributed by atoms with Crippen LogP contribution < -0.4 is 9.47 Å². The van der Waals surface area contributed by atoms with Crippen molar-refractivity contribution in [3.05, 3.63) is 17.7 Å². The van der Waals surface area contributed by atoms with Gasteiger partial charge in [-0.3, -0.25) is 0 Å². The number of aromatic nitrogens is 1. The second-order valence-corrected chi connectivity index (χ2v) is 2.37. The van der Waals surface area contributed by atoms with E-state index in [0.717, 1.165) is 6.07 Å². The Labute approximate surface area is 78.5 Å². The molecule has 0 aliphatic heterocycles. The fourth-order valence-electron chi connectivity index (χ4n) is 0.931. The van der Waals surface area contributed by atoms with E-state index >= 15 is 0 Å². The van der Waals surface area contributed by atoms with Crippen LogP contribution >= 0.6 is 0 Å². The van der Waals surface area contributed by atoms with Crippen LogP contribution in [0.4, 0.5) is 13.2 Å². The van der Waals surface area contributed by atoms with Crippen LogP contribution in [-0.4, -0.2) is 19.2 Å². The summed E-state index contributed by atoms with van der Waals surface area (Å²) in [6.45, 7) is 0. The standard InChI is InChI=1S/C8H8F3NO2/c1-13-4-3-5(14-2)8(11)12-6(4)7(9)10/h3,7H,1-2H3. The summed E-state index contributed by atoms with van der Waals surface area (Å²) in [6, 6.07) is 1.03. The van der Waals surface area contributed by atoms with Crippen molar-refractivity contribution in [3.8, 4) is 11.5 Å². The summed E-state index contributed by atoms with van der Waals surface area (Å²) in [7, 11) is 2.40. The molecule has 0 aliphatic rings. The predicted molar refractivity (Wildman–Crippen MR) is 42.3 cm³/mol. The smallest absolute Gasteiger partial charge is 0.284 e. The average Bonchev–Trinajstić information content (AvgIpc) is 2.17. The van der Waals surface area contributed by atoms with Crippen LogP contribution in [0.1, 0.15) is 12.1 Å². The van der Waals surface area contributed by atoms with Gasteiger partial charge in [0, 0.05) is 6.07 Å². The zero-order valence-corrected chi connectivity index (χ0v) is 7.55. The van der Waals surface area contributed by atoms with Crippen LogP contribution in [0.2, 0.25) is 0 Å². The van der Waals surface area contributed by atoms with Gasteiger partial charge in [0.25, 0.3) is 12.4 Å². The lowest BCUT2D eigenvalue weighted by molar-refractivity contribution is 0.139. The van der Waals surface area contributed by atoms with Gasteiger partial charge in [-0.15, -0.1) is 0 Å². The molecular weight excluding hydrogens is 199 g/mol. The number of rotatable bonds is 3. The Balaban J connectivity index is 3.24. The summed E-state index contributed by atoms with van der Waals surface area (Å²) < 4.78 is 46.6. The van der Waals surface area contributed by atoms with Crippen molar-refractivity contribution in [2.75, 3.05) is 14.2 Å². The lowest BCUT2D eigenvalue weighted by Gasteiger charge is -2.09. The van der Waals surface area contributed by atoms with Crippen molar-refractivity contribution in [2.45, 2.75) is 6.43 Å². The van der Waals surface area contributed by atoms with E-state index in [1.165, 1.54) is 14.2 Å². The fourth-order valence-corrected chi connectivity index (χ4v) is 0.931. The maximum absolute atomic E-state index is 12.9. The molecule has 6 heteroatoms. The third kappa shape index (κ3) is 1.89. The summed E-state index contributed by atoms with van der Waals surface area (Å²) in [6.07, 6.45) is -2.88. The molecule has 0 aromatic carbocycles. The van der Waals surface area contributed by atoms with Crippen molar-refractivity contribution in [2.24, 2.45) is 0 Å². The minimum absolute atomic E-state index is 0.196. The molecule has 0 saturated heterocycles. The molecule has 1 rings (SSSR count). The Hall–Kier alpha value is -1.46. The number of alkyl halides is 2. The van der Waals surface area contributed by atoms with Gasteiger partial charge >= 0.3 is 0 Å². The highest BCUT2D eigenvalue weighted by Gasteiger charge is 2.19. The third-order valence-corrected chi connectivity index (χ3v) is 1.58. The Bertz CT molecular complexity index is 331. The molecule has 14 heavy (non-hydrogen) atoms. The van der Waals surface area contributed by atoms with Crippen LogP contribution in [0, 0.1) is 5.95 Å². The molecular formula is C8H8F3NO2. The summed E-state index contributed by atoms with van der Waals surface area (Å²) in [4.78, 5) is 3.05. The molecule has 0 spiro atoms. The van der Waals surface area contributed by atoms with E-state index in [4.69, 9.17) is 0 Å². The summed E-state index contributed by atoms with van der Waals surface area (Å²) in [5.74, 6) is -1.51. The topological polar surface area (TPSA) is 31.4 Å². The molecule has 1 aromatic rings. The molecule has 0 fully saturated rings. The second-order valence-electron chi connectivity index (χ2n) is 2.37. The number of halogens is 3. The Kier molecular flexibility index (Phi) is 3.16. The zero-order valence-electron chi connectivity index (χ0n) is 7.55. The van der Waals surface area contributed by atoms with Gasteiger partial charge in [0.2, 0.25) is 0 Å². The van der Waals surface area contributed by atoms with Crippen molar-refractivity contribution in [3.63, 3.8) is 0 Å². The van der Waals surface area contributed by atoms with Crippen molar-refractivity contribution >= 4 is 0 Å². The first-order valence-corrected chi connectivity index (χ1v) is 3.66. The molecule has 0 bridgehead atoms. The first-order valence-electron chi connectivity index (χ1n) is 3.66. The van der Waals surface area contributed by atoms with E-state index in [0.29, 0.717) is 0 Å². The largest absolute Gasteiger partial charge is 0.494 e. The Morgan fingerprint density at radius 1 is 1.21 bits per heavy atom. The lowest BCUT2D eigenvalue weighted by Crippen LogP contribution is -2.01. The summed E-state index contributed by atoms with van der Waals surface area (Å²) in [5, 5.41) is 0. The second kappa shape index (κ2) is 4.17. The average molecular weight is 207 g/mol. The maximum Gasteiger partial charge on any atom is 0.284 e. The molecule has 1 aromatic heterocycles. The SMILES string of the molecule is COc1cc(OC)c(C(F)F)nc1F. The van der Waals surface area contributed by atoms with Crippen LogP contribution in [-0.2, 0) is 0 Å². The number of pyridine rings is 1. The molecule has 0 amide bonds.